The van der Waals surface area contributed by atoms with Gasteiger partial charge in [-0.2, -0.15) is 0 Å². The van der Waals surface area contributed by atoms with E-state index in [2.05, 4.69) is 47.1 Å². The fourth-order valence-corrected chi connectivity index (χ4v) is 3.59. The Bertz CT molecular complexity index is 813. The van der Waals surface area contributed by atoms with Crippen LogP contribution in [0.15, 0.2) is 54.6 Å². The SMILES string of the molecule is Cc1ccc2ccccc2c1C(Br)c1ccc(Cl)c(F)c1. The van der Waals surface area contributed by atoms with Crippen LogP contribution in [0.5, 0.6) is 0 Å². The summed E-state index contributed by atoms with van der Waals surface area (Å²) in [6.07, 6.45) is 0. The van der Waals surface area contributed by atoms with Crippen LogP contribution in [-0.4, -0.2) is 0 Å². The summed E-state index contributed by atoms with van der Waals surface area (Å²) in [7, 11) is 0. The number of rotatable bonds is 2. The van der Waals surface area contributed by atoms with E-state index < -0.39 is 5.82 Å². The highest BCUT2D eigenvalue weighted by Gasteiger charge is 2.17. The van der Waals surface area contributed by atoms with Gasteiger partial charge in [-0.05, 0) is 46.5 Å². The van der Waals surface area contributed by atoms with Gasteiger partial charge in [0.05, 0.1) is 9.85 Å². The average molecular weight is 364 g/mol. The minimum Gasteiger partial charge on any atom is -0.205 e. The van der Waals surface area contributed by atoms with Crippen molar-refractivity contribution in [2.45, 2.75) is 11.8 Å². The first-order valence-corrected chi connectivity index (χ1v) is 7.94. The van der Waals surface area contributed by atoms with Crippen molar-refractivity contribution in [2.24, 2.45) is 0 Å². The molecule has 0 aliphatic rings. The van der Waals surface area contributed by atoms with E-state index in [0.717, 1.165) is 11.1 Å². The number of fused-ring (bicyclic) bond motifs is 1. The van der Waals surface area contributed by atoms with Gasteiger partial charge in [-0.25, -0.2) is 4.39 Å². The molecule has 0 heterocycles. The van der Waals surface area contributed by atoms with Crippen LogP contribution < -0.4 is 0 Å². The van der Waals surface area contributed by atoms with E-state index in [9.17, 15) is 4.39 Å². The molecule has 0 saturated heterocycles. The molecule has 0 spiro atoms. The molecule has 0 radical (unpaired) electrons. The van der Waals surface area contributed by atoms with Gasteiger partial charge < -0.3 is 0 Å². The summed E-state index contributed by atoms with van der Waals surface area (Å²) in [4.78, 5) is -0.0737. The van der Waals surface area contributed by atoms with Gasteiger partial charge in [-0.15, -0.1) is 0 Å². The zero-order chi connectivity index (χ0) is 15.0. The number of hydrogen-bond donors (Lipinski definition) is 0. The normalized spacial score (nSPS) is 12.6. The summed E-state index contributed by atoms with van der Waals surface area (Å²) < 4.78 is 13.7. The predicted octanol–water partition coefficient (Wildman–Crippen LogP) is 6.43. The highest BCUT2D eigenvalue weighted by atomic mass is 79.9. The van der Waals surface area contributed by atoms with E-state index in [0.29, 0.717) is 0 Å². The molecule has 1 unspecified atom stereocenters. The largest absolute Gasteiger partial charge is 0.205 e. The minimum absolute atomic E-state index is 0.0737. The molecule has 0 aliphatic heterocycles. The van der Waals surface area contributed by atoms with Crippen molar-refractivity contribution in [3.63, 3.8) is 0 Å². The van der Waals surface area contributed by atoms with Gasteiger partial charge in [-0.1, -0.05) is 70.0 Å². The number of halogens is 3. The maximum Gasteiger partial charge on any atom is 0.142 e. The van der Waals surface area contributed by atoms with E-state index in [4.69, 9.17) is 11.6 Å². The monoisotopic (exact) mass is 362 g/mol. The molecule has 1 atom stereocenters. The molecule has 106 valence electrons. The van der Waals surface area contributed by atoms with Gasteiger partial charge >= 0.3 is 0 Å². The molecule has 0 amide bonds. The lowest BCUT2D eigenvalue weighted by atomic mass is 9.94. The second-order valence-corrected chi connectivity index (χ2v) is 6.38. The molecule has 21 heavy (non-hydrogen) atoms. The Balaban J connectivity index is 2.19. The summed E-state index contributed by atoms with van der Waals surface area (Å²) in [5.41, 5.74) is 3.19. The zero-order valence-corrected chi connectivity index (χ0v) is 13.7. The Labute approximate surface area is 136 Å². The van der Waals surface area contributed by atoms with Crippen LogP contribution in [0.2, 0.25) is 5.02 Å². The zero-order valence-electron chi connectivity index (χ0n) is 11.4. The number of hydrogen-bond acceptors (Lipinski definition) is 0. The summed E-state index contributed by atoms with van der Waals surface area (Å²) in [5, 5.41) is 2.50. The van der Waals surface area contributed by atoms with Gasteiger partial charge in [0.2, 0.25) is 0 Å². The molecule has 0 bridgehead atoms. The second kappa shape index (κ2) is 5.78. The molecule has 3 heteroatoms. The fourth-order valence-electron chi connectivity index (χ4n) is 2.58. The van der Waals surface area contributed by atoms with E-state index in [1.165, 1.54) is 22.4 Å². The third-order valence-electron chi connectivity index (χ3n) is 3.68. The molecule has 0 aliphatic carbocycles. The maximum atomic E-state index is 13.7. The lowest BCUT2D eigenvalue weighted by Crippen LogP contribution is -1.98. The van der Waals surface area contributed by atoms with Crippen molar-refractivity contribution in [2.75, 3.05) is 0 Å². The Hall–Kier alpha value is -1.38. The summed E-state index contributed by atoms with van der Waals surface area (Å²) in [5.74, 6) is -0.392. The van der Waals surface area contributed by atoms with E-state index in [-0.39, 0.29) is 9.85 Å². The highest BCUT2D eigenvalue weighted by Crippen LogP contribution is 2.38. The smallest absolute Gasteiger partial charge is 0.142 e. The number of benzene rings is 3. The van der Waals surface area contributed by atoms with Crippen LogP contribution in [0, 0.1) is 12.7 Å². The van der Waals surface area contributed by atoms with Crippen LogP contribution in [0.25, 0.3) is 10.8 Å². The predicted molar refractivity (Wildman–Crippen MR) is 90.9 cm³/mol. The summed E-state index contributed by atoms with van der Waals surface area (Å²) in [6.45, 7) is 2.07. The van der Waals surface area contributed by atoms with Crippen molar-refractivity contribution < 1.29 is 4.39 Å². The third kappa shape index (κ3) is 2.70. The maximum absolute atomic E-state index is 13.7. The van der Waals surface area contributed by atoms with Gasteiger partial charge in [0, 0.05) is 0 Å². The van der Waals surface area contributed by atoms with Crippen LogP contribution >= 0.6 is 27.5 Å². The number of alkyl halides is 1. The second-order valence-electron chi connectivity index (χ2n) is 5.05. The molecular weight excluding hydrogens is 351 g/mol. The van der Waals surface area contributed by atoms with Crippen molar-refractivity contribution in [1.82, 2.24) is 0 Å². The molecule has 0 N–H and O–H groups in total. The van der Waals surface area contributed by atoms with Gasteiger partial charge in [-0.3, -0.25) is 0 Å². The lowest BCUT2D eigenvalue weighted by Gasteiger charge is -2.17. The Morgan fingerprint density at radius 2 is 1.81 bits per heavy atom. The van der Waals surface area contributed by atoms with E-state index in [1.807, 2.05) is 18.2 Å². The van der Waals surface area contributed by atoms with Crippen LogP contribution in [0.3, 0.4) is 0 Å². The van der Waals surface area contributed by atoms with Crippen molar-refractivity contribution in [3.8, 4) is 0 Å². The van der Waals surface area contributed by atoms with Gasteiger partial charge in [0.25, 0.3) is 0 Å². The molecule has 0 nitrogen and oxygen atoms in total. The molecule has 3 rings (SSSR count). The molecular formula is C18H13BrClF. The third-order valence-corrected chi connectivity index (χ3v) is 4.97. The molecule has 3 aromatic rings. The van der Waals surface area contributed by atoms with Crippen LogP contribution in [0.1, 0.15) is 21.5 Å². The Morgan fingerprint density at radius 1 is 1.05 bits per heavy atom. The van der Waals surface area contributed by atoms with Crippen LogP contribution in [-0.2, 0) is 0 Å². The van der Waals surface area contributed by atoms with Crippen molar-refractivity contribution in [3.05, 3.63) is 82.1 Å². The number of aryl methyl sites for hydroxylation is 1. The quantitative estimate of drug-likeness (QED) is 0.460. The fraction of sp³-hybridized carbons (Fsp3) is 0.111. The van der Waals surface area contributed by atoms with Gasteiger partial charge in [0.1, 0.15) is 5.82 Å². The molecule has 0 fully saturated rings. The topological polar surface area (TPSA) is 0 Å². The standard InChI is InChI=1S/C18H13BrClF/c1-11-6-7-12-4-2-3-5-14(12)17(11)18(19)13-8-9-15(20)16(21)10-13/h2-10,18H,1H3. The van der Waals surface area contributed by atoms with Crippen LogP contribution in [0.4, 0.5) is 4.39 Å². The molecule has 3 aromatic carbocycles. The van der Waals surface area contributed by atoms with E-state index in [1.54, 1.807) is 6.07 Å². The molecule has 0 saturated carbocycles. The first-order chi connectivity index (χ1) is 10.1. The first-order valence-electron chi connectivity index (χ1n) is 6.65. The first kappa shape index (κ1) is 14.6. The van der Waals surface area contributed by atoms with Gasteiger partial charge in [0.15, 0.2) is 0 Å². The summed E-state index contributed by atoms with van der Waals surface area (Å²) in [6, 6.07) is 17.4. The summed E-state index contributed by atoms with van der Waals surface area (Å²) >= 11 is 9.48. The minimum atomic E-state index is -0.392. The average Bonchev–Trinajstić information content (AvgIpc) is 2.49. The van der Waals surface area contributed by atoms with Crippen molar-refractivity contribution >= 4 is 38.3 Å². The van der Waals surface area contributed by atoms with E-state index >= 15 is 0 Å². The Kier molecular flexibility index (Phi) is 4.01. The highest BCUT2D eigenvalue weighted by molar-refractivity contribution is 9.09. The lowest BCUT2D eigenvalue weighted by molar-refractivity contribution is 0.626. The Morgan fingerprint density at radius 3 is 2.57 bits per heavy atom. The molecule has 0 aromatic heterocycles. The van der Waals surface area contributed by atoms with Crippen molar-refractivity contribution in [1.29, 1.82) is 0 Å².